The first-order valence-corrected chi connectivity index (χ1v) is 7.99. The average molecular weight is 351 g/mol. The maximum atomic E-state index is 12.9. The summed E-state index contributed by atoms with van der Waals surface area (Å²) >= 11 is 3.32. The van der Waals surface area contributed by atoms with Gasteiger partial charge in [0, 0.05) is 22.5 Å². The number of pyridine rings is 1. The highest BCUT2D eigenvalue weighted by molar-refractivity contribution is 9.10. The summed E-state index contributed by atoms with van der Waals surface area (Å²) < 4.78 is 0.864. The van der Waals surface area contributed by atoms with Crippen LogP contribution in [0.2, 0.25) is 0 Å². The predicted molar refractivity (Wildman–Crippen MR) is 83.7 cm³/mol. The van der Waals surface area contributed by atoms with Crippen LogP contribution < -0.4 is 5.32 Å². The Balaban J connectivity index is 1.91. The van der Waals surface area contributed by atoms with Gasteiger partial charge in [-0.15, -0.1) is 0 Å². The van der Waals surface area contributed by atoms with Crippen molar-refractivity contribution in [3.8, 4) is 0 Å². The van der Waals surface area contributed by atoms with Crippen molar-refractivity contribution in [2.75, 3.05) is 5.32 Å². The summed E-state index contributed by atoms with van der Waals surface area (Å²) in [7, 11) is 0. The normalized spacial score (nSPS) is 33.2. The highest BCUT2D eigenvalue weighted by Crippen LogP contribution is 2.70. The van der Waals surface area contributed by atoms with Crippen molar-refractivity contribution < 1.29 is 9.59 Å². The molecule has 0 aliphatic heterocycles. The van der Waals surface area contributed by atoms with Crippen molar-refractivity contribution >= 4 is 33.4 Å². The molecular weight excluding hydrogens is 332 g/mol. The molecule has 2 saturated carbocycles. The van der Waals surface area contributed by atoms with Gasteiger partial charge in [0.2, 0.25) is 5.91 Å². The highest BCUT2D eigenvalue weighted by atomic mass is 79.9. The number of carbonyl (C=O) groups is 2. The fourth-order valence-corrected chi connectivity index (χ4v) is 4.28. The minimum absolute atomic E-state index is 0.0723. The number of amides is 1. The molecule has 2 aliphatic rings. The molecule has 4 nitrogen and oxygen atoms in total. The molecule has 0 saturated heterocycles. The Kier molecular flexibility index (Phi) is 3.07. The lowest BCUT2D eigenvalue weighted by atomic mass is 9.64. The van der Waals surface area contributed by atoms with E-state index in [9.17, 15) is 9.59 Å². The van der Waals surface area contributed by atoms with Crippen molar-refractivity contribution in [2.45, 2.75) is 40.0 Å². The van der Waals surface area contributed by atoms with Gasteiger partial charge < -0.3 is 5.32 Å². The number of hydrogen-bond donors (Lipinski definition) is 1. The summed E-state index contributed by atoms with van der Waals surface area (Å²) in [5.74, 6) is 0.677. The zero-order valence-electron chi connectivity index (χ0n) is 12.5. The van der Waals surface area contributed by atoms with Crippen molar-refractivity contribution in [3.63, 3.8) is 0 Å². The number of fused-ring (bicyclic) bond motifs is 2. The van der Waals surface area contributed by atoms with Crippen molar-refractivity contribution in [3.05, 3.63) is 22.8 Å². The molecule has 3 rings (SSSR count). The Morgan fingerprint density at radius 3 is 2.48 bits per heavy atom. The van der Waals surface area contributed by atoms with Gasteiger partial charge in [-0.1, -0.05) is 20.8 Å². The van der Waals surface area contributed by atoms with Crippen LogP contribution >= 0.6 is 15.9 Å². The van der Waals surface area contributed by atoms with Crippen molar-refractivity contribution in [1.82, 2.24) is 4.98 Å². The van der Waals surface area contributed by atoms with E-state index >= 15 is 0 Å². The Morgan fingerprint density at radius 1 is 1.29 bits per heavy atom. The first-order valence-electron chi connectivity index (χ1n) is 7.19. The second kappa shape index (κ2) is 4.38. The van der Waals surface area contributed by atoms with Gasteiger partial charge in [0.15, 0.2) is 0 Å². The summed E-state index contributed by atoms with van der Waals surface area (Å²) in [5.41, 5.74) is -1.30. The maximum Gasteiger partial charge on any atom is 0.232 e. The minimum Gasteiger partial charge on any atom is -0.310 e. The lowest BCUT2D eigenvalue weighted by Crippen LogP contribution is -2.43. The van der Waals surface area contributed by atoms with Gasteiger partial charge in [-0.25, -0.2) is 4.98 Å². The van der Waals surface area contributed by atoms with E-state index in [1.165, 1.54) is 0 Å². The molecule has 1 aromatic heterocycles. The fourth-order valence-electron chi connectivity index (χ4n) is 4.05. The minimum atomic E-state index is -0.604. The third-order valence-electron chi connectivity index (χ3n) is 6.11. The van der Waals surface area contributed by atoms with Crippen LogP contribution in [0, 0.1) is 16.2 Å². The number of anilines is 1. The highest BCUT2D eigenvalue weighted by Gasteiger charge is 2.72. The summed E-state index contributed by atoms with van der Waals surface area (Å²) in [6, 6.07) is 3.60. The van der Waals surface area contributed by atoms with E-state index in [-0.39, 0.29) is 22.5 Å². The van der Waals surface area contributed by atoms with Gasteiger partial charge in [-0.05, 0) is 46.3 Å². The van der Waals surface area contributed by atoms with Gasteiger partial charge in [-0.2, -0.15) is 0 Å². The van der Waals surface area contributed by atoms with Crippen LogP contribution in [0.5, 0.6) is 0 Å². The van der Waals surface area contributed by atoms with Crippen LogP contribution in [0.4, 0.5) is 5.82 Å². The molecule has 0 unspecified atom stereocenters. The van der Waals surface area contributed by atoms with E-state index in [1.54, 1.807) is 12.3 Å². The maximum absolute atomic E-state index is 12.9. The number of halogens is 1. The zero-order chi connectivity index (χ0) is 15.5. The standard InChI is InChI=1S/C16H19BrN2O2/c1-14(2)15(3)6-7-16(14,8-11(15)20)13(21)19-12-5-4-10(17)9-18-12/h4-5,9H,6-8H2,1-3H3,(H,18,19,21)/t15-,16+/m1/s1. The number of rotatable bonds is 2. The fraction of sp³-hybridized carbons (Fsp3) is 0.562. The smallest absolute Gasteiger partial charge is 0.232 e. The van der Waals surface area contributed by atoms with Gasteiger partial charge in [-0.3, -0.25) is 9.59 Å². The van der Waals surface area contributed by atoms with Gasteiger partial charge in [0.05, 0.1) is 5.41 Å². The molecule has 5 heteroatoms. The number of carbonyl (C=O) groups excluding carboxylic acids is 2. The number of nitrogens with one attached hydrogen (secondary N) is 1. The Labute approximate surface area is 132 Å². The number of Topliss-reactive ketones (excluding diaryl/α,β-unsaturated/α-hetero) is 1. The molecule has 0 aromatic carbocycles. The summed E-state index contributed by atoms with van der Waals surface area (Å²) in [4.78, 5) is 29.4. The molecular formula is C16H19BrN2O2. The molecule has 2 aliphatic carbocycles. The second-order valence-corrected chi connectivity index (χ2v) is 7.87. The summed E-state index contributed by atoms with van der Waals surface area (Å²) in [6.45, 7) is 6.12. The van der Waals surface area contributed by atoms with E-state index in [0.717, 1.165) is 17.3 Å². The third-order valence-corrected chi connectivity index (χ3v) is 6.58. The average Bonchev–Trinajstić information content (AvgIpc) is 2.72. The van der Waals surface area contributed by atoms with Crippen LogP contribution in [-0.4, -0.2) is 16.7 Å². The monoisotopic (exact) mass is 350 g/mol. The zero-order valence-corrected chi connectivity index (χ0v) is 14.1. The summed E-state index contributed by atoms with van der Waals surface area (Å²) in [6.07, 6.45) is 3.56. The third kappa shape index (κ3) is 1.76. The largest absolute Gasteiger partial charge is 0.310 e. The van der Waals surface area contributed by atoms with Crippen LogP contribution in [0.25, 0.3) is 0 Å². The van der Waals surface area contributed by atoms with Crippen LogP contribution in [0.3, 0.4) is 0 Å². The van der Waals surface area contributed by atoms with Gasteiger partial charge in [0.1, 0.15) is 11.6 Å². The quantitative estimate of drug-likeness (QED) is 0.886. The first-order chi connectivity index (χ1) is 9.73. The topological polar surface area (TPSA) is 59.1 Å². The Bertz CT molecular complexity index is 626. The van der Waals surface area contributed by atoms with Crippen LogP contribution in [0.15, 0.2) is 22.8 Å². The lowest BCUT2D eigenvalue weighted by Gasteiger charge is -2.38. The Morgan fingerprint density at radius 2 is 2.00 bits per heavy atom. The van der Waals surface area contributed by atoms with Crippen LogP contribution in [0.1, 0.15) is 40.0 Å². The molecule has 2 fully saturated rings. The van der Waals surface area contributed by atoms with Crippen molar-refractivity contribution in [1.29, 1.82) is 0 Å². The van der Waals surface area contributed by atoms with Crippen LogP contribution in [-0.2, 0) is 9.59 Å². The molecule has 2 bridgehead atoms. The van der Waals surface area contributed by atoms with E-state index in [2.05, 4.69) is 40.1 Å². The van der Waals surface area contributed by atoms with E-state index in [4.69, 9.17) is 0 Å². The first kappa shape index (κ1) is 14.7. The molecule has 1 aromatic rings. The second-order valence-electron chi connectivity index (χ2n) is 6.95. The molecule has 0 radical (unpaired) electrons. The number of hydrogen-bond acceptors (Lipinski definition) is 3. The van der Waals surface area contributed by atoms with Crippen molar-refractivity contribution in [2.24, 2.45) is 16.2 Å². The molecule has 112 valence electrons. The molecule has 1 amide bonds. The van der Waals surface area contributed by atoms with E-state index in [1.807, 2.05) is 13.0 Å². The van der Waals surface area contributed by atoms with Gasteiger partial charge in [0.25, 0.3) is 0 Å². The van der Waals surface area contributed by atoms with E-state index in [0.29, 0.717) is 12.2 Å². The predicted octanol–water partition coefficient (Wildman–Crippen LogP) is 3.57. The van der Waals surface area contributed by atoms with Gasteiger partial charge >= 0.3 is 0 Å². The number of aromatic nitrogens is 1. The Hall–Kier alpha value is -1.23. The number of ketones is 1. The SMILES string of the molecule is CC1(C)[C@@]2(C(=O)Nc3ccc(Br)cn3)CC[C@]1(C)C(=O)C2. The molecule has 1 heterocycles. The summed E-state index contributed by atoms with van der Waals surface area (Å²) in [5, 5.41) is 2.90. The number of nitrogens with zero attached hydrogens (tertiary/aromatic N) is 1. The van der Waals surface area contributed by atoms with E-state index < -0.39 is 5.41 Å². The molecule has 1 N–H and O–H groups in total. The molecule has 2 atom stereocenters. The molecule has 0 spiro atoms. The lowest BCUT2D eigenvalue weighted by molar-refractivity contribution is -0.131. The molecule has 21 heavy (non-hydrogen) atoms.